The van der Waals surface area contributed by atoms with Gasteiger partial charge in [0.15, 0.2) is 16.6 Å². The van der Waals surface area contributed by atoms with Crippen molar-refractivity contribution in [1.29, 1.82) is 0 Å². The standard InChI is InChI=1S/C22H48N2O6Si2/c1-27-17-13-23(14-18-28-2)21(25)11-9-10-12-22(26)24(15-19-29-31(3,4)5)16-20-30-32(6,7)8/h9-20H2,1-8H3. The summed E-state index contributed by atoms with van der Waals surface area (Å²) in [5.74, 6) is 0.182. The van der Waals surface area contributed by atoms with Gasteiger partial charge in [0.2, 0.25) is 11.8 Å². The Morgan fingerprint density at radius 1 is 0.594 bits per heavy atom. The molecule has 0 aromatic heterocycles. The van der Waals surface area contributed by atoms with Crippen LogP contribution >= 0.6 is 0 Å². The second kappa shape index (κ2) is 16.8. The van der Waals surface area contributed by atoms with Crippen molar-refractivity contribution < 1.29 is 27.9 Å². The number of hydrogen-bond acceptors (Lipinski definition) is 6. The SMILES string of the molecule is COCCN(CCOC)C(=O)CCCCC(=O)N(CCO[Si](C)(C)C)CCO[Si](C)(C)C. The van der Waals surface area contributed by atoms with Crippen LogP contribution in [0.1, 0.15) is 25.7 Å². The lowest BCUT2D eigenvalue weighted by Gasteiger charge is -2.27. The van der Waals surface area contributed by atoms with Gasteiger partial charge in [0, 0.05) is 53.2 Å². The van der Waals surface area contributed by atoms with Crippen molar-refractivity contribution in [3.8, 4) is 0 Å². The number of hydrogen-bond donors (Lipinski definition) is 0. The highest BCUT2D eigenvalue weighted by Crippen LogP contribution is 2.09. The number of rotatable bonds is 19. The van der Waals surface area contributed by atoms with E-state index in [4.69, 9.17) is 18.3 Å². The van der Waals surface area contributed by atoms with E-state index in [9.17, 15) is 9.59 Å². The predicted molar refractivity (Wildman–Crippen MR) is 134 cm³/mol. The van der Waals surface area contributed by atoms with Gasteiger partial charge in [-0.05, 0) is 52.1 Å². The third kappa shape index (κ3) is 17.7. The van der Waals surface area contributed by atoms with Crippen molar-refractivity contribution in [2.24, 2.45) is 0 Å². The van der Waals surface area contributed by atoms with Crippen LogP contribution in [-0.4, -0.2) is 105 Å². The average Bonchev–Trinajstić information content (AvgIpc) is 2.68. The minimum absolute atomic E-state index is 0.0791. The quantitative estimate of drug-likeness (QED) is 0.204. The third-order valence-electron chi connectivity index (χ3n) is 4.66. The van der Waals surface area contributed by atoms with E-state index in [2.05, 4.69) is 39.3 Å². The zero-order valence-corrected chi connectivity index (χ0v) is 23.8. The van der Waals surface area contributed by atoms with Crippen molar-refractivity contribution in [2.75, 3.05) is 66.8 Å². The number of amides is 2. The van der Waals surface area contributed by atoms with Gasteiger partial charge in [0.05, 0.1) is 26.4 Å². The van der Waals surface area contributed by atoms with E-state index in [1.54, 1.807) is 19.1 Å². The lowest BCUT2D eigenvalue weighted by atomic mass is 10.1. The fraction of sp³-hybridized carbons (Fsp3) is 0.909. The van der Waals surface area contributed by atoms with Crippen molar-refractivity contribution in [3.05, 3.63) is 0 Å². The topological polar surface area (TPSA) is 77.5 Å². The zero-order chi connectivity index (χ0) is 24.6. The maximum absolute atomic E-state index is 12.8. The van der Waals surface area contributed by atoms with E-state index in [1.165, 1.54) is 0 Å². The molecule has 0 radical (unpaired) electrons. The molecule has 0 aliphatic carbocycles. The van der Waals surface area contributed by atoms with E-state index in [0.29, 0.717) is 78.3 Å². The second-order valence-corrected chi connectivity index (χ2v) is 18.9. The highest BCUT2D eigenvalue weighted by molar-refractivity contribution is 6.70. The molecule has 0 saturated heterocycles. The normalized spacial score (nSPS) is 12.1. The van der Waals surface area contributed by atoms with E-state index >= 15 is 0 Å². The van der Waals surface area contributed by atoms with Gasteiger partial charge in [-0.15, -0.1) is 0 Å². The van der Waals surface area contributed by atoms with Crippen molar-refractivity contribution >= 4 is 28.4 Å². The molecule has 0 fully saturated rings. The number of unbranched alkanes of at least 4 members (excludes halogenated alkanes) is 1. The fourth-order valence-electron chi connectivity index (χ4n) is 2.92. The molecule has 0 rings (SSSR count). The largest absolute Gasteiger partial charge is 0.416 e. The fourth-order valence-corrected chi connectivity index (χ4v) is 4.33. The summed E-state index contributed by atoms with van der Waals surface area (Å²) in [4.78, 5) is 28.9. The summed E-state index contributed by atoms with van der Waals surface area (Å²) in [5, 5.41) is 0. The van der Waals surface area contributed by atoms with Gasteiger partial charge in [-0.3, -0.25) is 9.59 Å². The Kier molecular flexibility index (Phi) is 16.4. The molecule has 0 aliphatic rings. The van der Waals surface area contributed by atoms with Gasteiger partial charge in [0.25, 0.3) is 0 Å². The van der Waals surface area contributed by atoms with Crippen LogP contribution in [0.2, 0.25) is 39.3 Å². The van der Waals surface area contributed by atoms with Gasteiger partial charge < -0.3 is 28.1 Å². The summed E-state index contributed by atoms with van der Waals surface area (Å²) in [6.07, 6.45) is 2.24. The monoisotopic (exact) mass is 492 g/mol. The molecular formula is C22H48N2O6Si2. The molecule has 0 aromatic carbocycles. The molecule has 8 nitrogen and oxygen atoms in total. The molecule has 190 valence electrons. The maximum Gasteiger partial charge on any atom is 0.222 e. The third-order valence-corrected chi connectivity index (χ3v) is 6.80. The molecule has 0 saturated carbocycles. The van der Waals surface area contributed by atoms with Crippen LogP contribution in [0.25, 0.3) is 0 Å². The van der Waals surface area contributed by atoms with Crippen LogP contribution in [0, 0.1) is 0 Å². The minimum Gasteiger partial charge on any atom is -0.416 e. The first-order chi connectivity index (χ1) is 14.9. The summed E-state index contributed by atoms with van der Waals surface area (Å²) < 4.78 is 22.1. The first kappa shape index (κ1) is 31.2. The van der Waals surface area contributed by atoms with E-state index in [-0.39, 0.29) is 11.8 Å². The Hall–Kier alpha value is -0.786. The Bertz CT molecular complexity index is 496. The molecule has 0 atom stereocenters. The smallest absolute Gasteiger partial charge is 0.222 e. The van der Waals surface area contributed by atoms with E-state index < -0.39 is 16.6 Å². The van der Waals surface area contributed by atoms with Crippen molar-refractivity contribution in [3.63, 3.8) is 0 Å². The van der Waals surface area contributed by atoms with Crippen LogP contribution < -0.4 is 0 Å². The highest BCUT2D eigenvalue weighted by atomic mass is 28.4. The minimum atomic E-state index is -1.62. The lowest BCUT2D eigenvalue weighted by molar-refractivity contribution is -0.134. The molecule has 0 bridgehead atoms. The Morgan fingerprint density at radius 3 is 1.19 bits per heavy atom. The zero-order valence-electron chi connectivity index (χ0n) is 21.8. The first-order valence-corrected chi connectivity index (χ1v) is 18.5. The molecule has 10 heteroatoms. The molecule has 0 N–H and O–H groups in total. The molecule has 0 spiro atoms. The number of ether oxygens (including phenoxy) is 2. The summed E-state index contributed by atoms with van der Waals surface area (Å²) >= 11 is 0. The molecule has 32 heavy (non-hydrogen) atoms. The maximum atomic E-state index is 12.8. The van der Waals surface area contributed by atoms with Gasteiger partial charge >= 0.3 is 0 Å². The highest BCUT2D eigenvalue weighted by Gasteiger charge is 2.20. The van der Waals surface area contributed by atoms with E-state index in [0.717, 1.165) is 0 Å². The Morgan fingerprint density at radius 2 is 0.906 bits per heavy atom. The van der Waals surface area contributed by atoms with Gasteiger partial charge in [-0.2, -0.15) is 0 Å². The summed E-state index contributed by atoms with van der Waals surface area (Å²) in [7, 11) is 0.0166. The average molecular weight is 493 g/mol. The molecule has 0 aliphatic heterocycles. The van der Waals surface area contributed by atoms with Crippen molar-refractivity contribution in [1.82, 2.24) is 9.80 Å². The number of carbonyl (C=O) groups is 2. The summed E-state index contributed by atoms with van der Waals surface area (Å²) in [5.41, 5.74) is 0. The summed E-state index contributed by atoms with van der Waals surface area (Å²) in [6, 6.07) is 0. The molecule has 0 heterocycles. The Labute approximate surface area is 198 Å². The lowest BCUT2D eigenvalue weighted by Crippen LogP contribution is -2.40. The molecule has 2 amide bonds. The second-order valence-electron chi connectivity index (χ2n) is 9.88. The van der Waals surface area contributed by atoms with Crippen molar-refractivity contribution in [2.45, 2.75) is 65.0 Å². The van der Waals surface area contributed by atoms with Crippen LogP contribution in [0.3, 0.4) is 0 Å². The van der Waals surface area contributed by atoms with Gasteiger partial charge in [-0.25, -0.2) is 0 Å². The Balaban J connectivity index is 4.55. The number of carbonyl (C=O) groups excluding carboxylic acids is 2. The molecular weight excluding hydrogens is 444 g/mol. The van der Waals surface area contributed by atoms with E-state index in [1.807, 2.05) is 4.90 Å². The van der Waals surface area contributed by atoms with Gasteiger partial charge in [0.1, 0.15) is 0 Å². The van der Waals surface area contributed by atoms with Crippen LogP contribution in [0.5, 0.6) is 0 Å². The van der Waals surface area contributed by atoms with Crippen LogP contribution in [0.15, 0.2) is 0 Å². The summed E-state index contributed by atoms with van der Waals surface area (Å²) in [6.45, 7) is 17.3. The predicted octanol–water partition coefficient (Wildman–Crippen LogP) is 3.20. The first-order valence-electron chi connectivity index (χ1n) is 11.7. The molecule has 0 unspecified atom stereocenters. The molecule has 0 aromatic rings. The van der Waals surface area contributed by atoms with Gasteiger partial charge in [-0.1, -0.05) is 0 Å². The van der Waals surface area contributed by atoms with Crippen LogP contribution in [0.4, 0.5) is 0 Å². The number of nitrogens with zero attached hydrogens (tertiary/aromatic N) is 2. The number of methoxy groups -OCH3 is 2. The van der Waals surface area contributed by atoms with Crippen LogP contribution in [-0.2, 0) is 27.9 Å².